The molecule has 1 aromatic carbocycles. The first-order valence-corrected chi connectivity index (χ1v) is 8.87. The van der Waals surface area contributed by atoms with E-state index in [1.165, 1.54) is 19.3 Å². The average Bonchev–Trinajstić information content (AvgIpc) is 3.16. The van der Waals surface area contributed by atoms with Gasteiger partial charge in [-0.25, -0.2) is 0 Å². The molecule has 2 aliphatic rings. The van der Waals surface area contributed by atoms with Crippen molar-refractivity contribution in [2.45, 2.75) is 50.5 Å². The Morgan fingerprint density at radius 2 is 1.84 bits per heavy atom. The van der Waals surface area contributed by atoms with E-state index in [1.807, 2.05) is 18.2 Å². The molecule has 2 fully saturated rings. The second-order valence-electron chi connectivity index (χ2n) is 7.28. The molecule has 2 saturated carbocycles. The van der Waals surface area contributed by atoms with Crippen LogP contribution in [0.25, 0.3) is 0 Å². The van der Waals surface area contributed by atoms with Crippen LogP contribution in [0.5, 0.6) is 11.5 Å². The number of methoxy groups -OCH3 is 1. The number of primary amides is 2. The normalized spacial score (nSPS) is 24.5. The summed E-state index contributed by atoms with van der Waals surface area (Å²) in [6, 6.07) is 5.51. The minimum atomic E-state index is -0.461. The fourth-order valence-electron chi connectivity index (χ4n) is 4.33. The van der Waals surface area contributed by atoms with E-state index in [9.17, 15) is 9.59 Å². The minimum absolute atomic E-state index is 0.0723. The molecule has 6 nitrogen and oxygen atoms in total. The number of rotatable bonds is 8. The molecule has 0 saturated heterocycles. The molecular weight excluding hydrogens is 320 g/mol. The lowest BCUT2D eigenvalue weighted by molar-refractivity contribution is -0.119. The molecule has 1 aromatic rings. The van der Waals surface area contributed by atoms with Gasteiger partial charge in [0.1, 0.15) is 6.10 Å². The summed E-state index contributed by atoms with van der Waals surface area (Å²) in [5, 5.41) is 0. The van der Waals surface area contributed by atoms with Gasteiger partial charge in [-0.1, -0.05) is 6.07 Å². The van der Waals surface area contributed by atoms with Gasteiger partial charge in [0.25, 0.3) is 0 Å². The highest BCUT2D eigenvalue weighted by Gasteiger charge is 2.41. The minimum Gasteiger partial charge on any atom is -0.493 e. The van der Waals surface area contributed by atoms with E-state index in [0.29, 0.717) is 17.4 Å². The van der Waals surface area contributed by atoms with Crippen molar-refractivity contribution in [3.63, 3.8) is 0 Å². The van der Waals surface area contributed by atoms with Crippen LogP contribution >= 0.6 is 0 Å². The molecule has 0 heterocycles. The number of amides is 2. The van der Waals surface area contributed by atoms with Gasteiger partial charge in [0.05, 0.1) is 7.11 Å². The van der Waals surface area contributed by atoms with Crippen LogP contribution in [0.3, 0.4) is 0 Å². The SMILES string of the molecule is COc1ccc(C(CC(N)=O)CC(N)=O)cc1O[C@H]1C[C@@H]2CC[C@H]1C2. The van der Waals surface area contributed by atoms with Crippen molar-refractivity contribution in [2.24, 2.45) is 23.3 Å². The number of fused-ring (bicyclic) bond motifs is 2. The molecule has 25 heavy (non-hydrogen) atoms. The summed E-state index contributed by atoms with van der Waals surface area (Å²) in [7, 11) is 1.60. The molecule has 4 N–H and O–H groups in total. The summed E-state index contributed by atoms with van der Waals surface area (Å²) >= 11 is 0. The third-order valence-electron chi connectivity index (χ3n) is 5.51. The fraction of sp³-hybridized carbons (Fsp3) is 0.579. The van der Waals surface area contributed by atoms with Crippen molar-refractivity contribution in [2.75, 3.05) is 7.11 Å². The van der Waals surface area contributed by atoms with Crippen LogP contribution < -0.4 is 20.9 Å². The monoisotopic (exact) mass is 346 g/mol. The van der Waals surface area contributed by atoms with Crippen LogP contribution in [0.1, 0.15) is 50.0 Å². The predicted molar refractivity (Wildman–Crippen MR) is 93.2 cm³/mol. The van der Waals surface area contributed by atoms with Crippen molar-refractivity contribution < 1.29 is 19.1 Å². The molecule has 2 aliphatic carbocycles. The summed E-state index contributed by atoms with van der Waals surface area (Å²) < 4.78 is 11.7. The van der Waals surface area contributed by atoms with Crippen LogP contribution in [0.15, 0.2) is 18.2 Å². The Kier molecular flexibility index (Phi) is 5.16. The Labute approximate surface area is 147 Å². The maximum absolute atomic E-state index is 11.4. The number of nitrogens with two attached hydrogens (primary N) is 2. The number of ether oxygens (including phenoxy) is 2. The highest BCUT2D eigenvalue weighted by Crippen LogP contribution is 2.47. The maximum Gasteiger partial charge on any atom is 0.218 e. The van der Waals surface area contributed by atoms with E-state index in [1.54, 1.807) is 7.11 Å². The number of carbonyl (C=O) groups is 2. The van der Waals surface area contributed by atoms with Crippen molar-refractivity contribution in [1.29, 1.82) is 0 Å². The molecular formula is C19H26N2O4. The largest absolute Gasteiger partial charge is 0.493 e. The van der Waals surface area contributed by atoms with Gasteiger partial charge in [-0.15, -0.1) is 0 Å². The number of hydrogen-bond acceptors (Lipinski definition) is 4. The Hall–Kier alpha value is -2.24. The van der Waals surface area contributed by atoms with Crippen LogP contribution in [0.2, 0.25) is 0 Å². The highest BCUT2D eigenvalue weighted by molar-refractivity contribution is 5.78. The van der Waals surface area contributed by atoms with Crippen molar-refractivity contribution in [3.05, 3.63) is 23.8 Å². The first kappa shape index (κ1) is 17.6. The first-order valence-electron chi connectivity index (χ1n) is 8.87. The summed E-state index contributed by atoms with van der Waals surface area (Å²) in [5.74, 6) is 1.45. The smallest absolute Gasteiger partial charge is 0.218 e. The summed E-state index contributed by atoms with van der Waals surface area (Å²) in [5.41, 5.74) is 11.5. The lowest BCUT2D eigenvalue weighted by Gasteiger charge is -2.25. The van der Waals surface area contributed by atoms with E-state index in [4.69, 9.17) is 20.9 Å². The molecule has 0 aliphatic heterocycles. The first-order chi connectivity index (χ1) is 12.0. The van der Waals surface area contributed by atoms with E-state index in [0.717, 1.165) is 17.9 Å². The van der Waals surface area contributed by atoms with Gasteiger partial charge in [0.2, 0.25) is 11.8 Å². The highest BCUT2D eigenvalue weighted by atomic mass is 16.5. The standard InChI is InChI=1S/C19H26N2O4/c1-24-15-5-4-12(14(9-18(20)22)10-19(21)23)8-17(15)25-16-7-11-2-3-13(16)6-11/h4-5,8,11,13-14,16H,2-3,6-7,9-10H2,1H3,(H2,20,22)(H2,21,23)/t11-,13+,16+/m1/s1. The molecule has 0 radical (unpaired) electrons. The zero-order chi connectivity index (χ0) is 18.0. The van der Waals surface area contributed by atoms with Crippen molar-refractivity contribution in [1.82, 2.24) is 0 Å². The van der Waals surface area contributed by atoms with Crippen LogP contribution in [0.4, 0.5) is 0 Å². The Morgan fingerprint density at radius 3 is 2.36 bits per heavy atom. The van der Waals surface area contributed by atoms with E-state index < -0.39 is 11.8 Å². The molecule has 3 rings (SSSR count). The predicted octanol–water partition coefficient (Wildman–Crippen LogP) is 2.10. The Bertz CT molecular complexity index is 645. The molecule has 0 unspecified atom stereocenters. The lowest BCUT2D eigenvalue weighted by Crippen LogP contribution is -2.24. The second kappa shape index (κ2) is 7.33. The summed E-state index contributed by atoms with van der Waals surface area (Å²) in [4.78, 5) is 22.7. The van der Waals surface area contributed by atoms with Crippen LogP contribution in [-0.2, 0) is 9.59 Å². The molecule has 2 amide bonds. The van der Waals surface area contributed by atoms with Gasteiger partial charge in [-0.05, 0) is 55.2 Å². The van der Waals surface area contributed by atoms with Gasteiger partial charge in [-0.2, -0.15) is 0 Å². The topological polar surface area (TPSA) is 105 Å². The van der Waals surface area contributed by atoms with Crippen LogP contribution in [0, 0.1) is 11.8 Å². The Balaban J connectivity index is 1.82. The molecule has 0 spiro atoms. The number of benzene rings is 1. The third kappa shape index (κ3) is 4.06. The number of hydrogen-bond donors (Lipinski definition) is 2. The number of carbonyl (C=O) groups excluding carboxylic acids is 2. The maximum atomic E-state index is 11.4. The average molecular weight is 346 g/mol. The second-order valence-corrected chi connectivity index (χ2v) is 7.28. The third-order valence-corrected chi connectivity index (χ3v) is 5.51. The van der Waals surface area contributed by atoms with Gasteiger partial charge >= 0.3 is 0 Å². The zero-order valence-electron chi connectivity index (χ0n) is 14.6. The molecule has 2 bridgehead atoms. The molecule has 3 atom stereocenters. The fourth-order valence-corrected chi connectivity index (χ4v) is 4.33. The zero-order valence-corrected chi connectivity index (χ0v) is 14.6. The van der Waals surface area contributed by atoms with E-state index in [2.05, 4.69) is 0 Å². The quantitative estimate of drug-likeness (QED) is 0.752. The van der Waals surface area contributed by atoms with Gasteiger partial charge in [-0.3, -0.25) is 9.59 Å². The lowest BCUT2D eigenvalue weighted by atomic mass is 9.91. The molecule has 136 valence electrons. The van der Waals surface area contributed by atoms with Gasteiger partial charge in [0, 0.05) is 18.8 Å². The van der Waals surface area contributed by atoms with Gasteiger partial charge < -0.3 is 20.9 Å². The Morgan fingerprint density at radius 1 is 1.12 bits per heavy atom. The summed E-state index contributed by atoms with van der Waals surface area (Å²) in [6.07, 6.45) is 5.23. The molecule has 6 heteroatoms. The van der Waals surface area contributed by atoms with Crippen molar-refractivity contribution in [3.8, 4) is 11.5 Å². The van der Waals surface area contributed by atoms with E-state index in [-0.39, 0.29) is 24.9 Å². The van der Waals surface area contributed by atoms with E-state index >= 15 is 0 Å². The summed E-state index contributed by atoms with van der Waals surface area (Å²) in [6.45, 7) is 0. The van der Waals surface area contributed by atoms with Crippen molar-refractivity contribution >= 4 is 11.8 Å². The van der Waals surface area contributed by atoms with Crippen LogP contribution in [-0.4, -0.2) is 25.0 Å². The van der Waals surface area contributed by atoms with Gasteiger partial charge in [0.15, 0.2) is 11.5 Å². The molecule has 0 aromatic heterocycles.